The van der Waals surface area contributed by atoms with E-state index >= 15 is 0 Å². The molecule has 0 aliphatic heterocycles. The molecule has 208 valence electrons. The van der Waals surface area contributed by atoms with E-state index in [0.29, 0.717) is 28.7 Å². The average molecular weight is 591 g/mol. The van der Waals surface area contributed by atoms with Crippen LogP contribution in [0, 0.1) is 11.2 Å². The van der Waals surface area contributed by atoms with Crippen molar-refractivity contribution < 1.29 is 30.8 Å². The van der Waals surface area contributed by atoms with Crippen molar-refractivity contribution in [2.45, 2.75) is 42.0 Å². The van der Waals surface area contributed by atoms with Gasteiger partial charge in [-0.15, -0.1) is 11.3 Å². The Morgan fingerprint density at radius 1 is 1.15 bits per heavy atom. The number of carbonyl (C=O) groups excluding carboxylic acids is 1. The van der Waals surface area contributed by atoms with Crippen molar-refractivity contribution in [1.29, 1.82) is 0 Å². The van der Waals surface area contributed by atoms with Crippen molar-refractivity contribution in [3.05, 3.63) is 87.7 Å². The Labute approximate surface area is 230 Å². The van der Waals surface area contributed by atoms with Gasteiger partial charge in [0.05, 0.1) is 39.3 Å². The lowest BCUT2D eigenvalue weighted by atomic mass is 9.62. The third-order valence-corrected chi connectivity index (χ3v) is 10.9. The molecule has 2 aliphatic carbocycles. The number of halogens is 4. The highest BCUT2D eigenvalue weighted by Crippen LogP contribution is 2.52. The van der Waals surface area contributed by atoms with Gasteiger partial charge in [0, 0.05) is 19.4 Å². The molecule has 3 aromatic heterocycles. The van der Waals surface area contributed by atoms with Gasteiger partial charge in [-0.05, 0) is 67.7 Å². The molecule has 1 aromatic carbocycles. The third-order valence-electron chi connectivity index (χ3n) is 7.67. The molecule has 0 N–H and O–H groups in total. The van der Waals surface area contributed by atoms with Gasteiger partial charge in [-0.3, -0.25) is 4.79 Å². The predicted octanol–water partition coefficient (Wildman–Crippen LogP) is 5.66. The van der Waals surface area contributed by atoms with Crippen LogP contribution in [0.15, 0.2) is 65.6 Å². The molecule has 0 radical (unpaired) electrons. The molecular formula is C27H22F4N4O3S2. The summed E-state index contributed by atoms with van der Waals surface area (Å²) < 4.78 is 84.1. The summed E-state index contributed by atoms with van der Waals surface area (Å²) in [6.07, 6.45) is 2.86. The van der Waals surface area contributed by atoms with Crippen molar-refractivity contribution in [3.8, 4) is 5.69 Å². The Kier molecular flexibility index (Phi) is 6.15. The smallest absolute Gasteiger partial charge is 0.356 e. The van der Waals surface area contributed by atoms with Crippen molar-refractivity contribution >= 4 is 33.0 Å². The summed E-state index contributed by atoms with van der Waals surface area (Å²) in [5.74, 6) is -1.04. The van der Waals surface area contributed by atoms with Crippen LogP contribution in [-0.4, -0.2) is 38.8 Å². The number of sulfone groups is 1. The molecule has 7 nitrogen and oxygen atoms in total. The highest BCUT2D eigenvalue weighted by atomic mass is 32.2. The number of hydrogen-bond acceptors (Lipinski definition) is 6. The number of rotatable bonds is 5. The van der Waals surface area contributed by atoms with Gasteiger partial charge in [0.2, 0.25) is 5.78 Å². The number of hydrogen-bond donors (Lipinski definition) is 0. The summed E-state index contributed by atoms with van der Waals surface area (Å²) >= 11 is 0.263. The number of benzene rings is 1. The fourth-order valence-corrected chi connectivity index (χ4v) is 8.37. The highest BCUT2D eigenvalue weighted by Gasteiger charge is 2.53. The number of aryl methyl sites for hydroxylation is 1. The maximum atomic E-state index is 14.1. The van der Waals surface area contributed by atoms with Gasteiger partial charge in [0.1, 0.15) is 10.7 Å². The Balaban J connectivity index is 1.45. The Morgan fingerprint density at radius 3 is 2.55 bits per heavy atom. The van der Waals surface area contributed by atoms with Crippen LogP contribution in [0.4, 0.5) is 17.6 Å². The molecule has 0 saturated heterocycles. The SMILES string of the molecule is Cn1ccc(S(=O)(=O)[C@H]2CCC3=Cc4c(cnn4-c4ccc(F)cc4)C[C@]3(C(=O)c3ncc(C(F)(F)F)s3)C2)c1. The monoisotopic (exact) mass is 590 g/mol. The zero-order chi connectivity index (χ0) is 28.4. The quantitative estimate of drug-likeness (QED) is 0.221. The Morgan fingerprint density at radius 2 is 1.90 bits per heavy atom. The van der Waals surface area contributed by atoms with E-state index in [0.717, 1.165) is 0 Å². The lowest BCUT2D eigenvalue weighted by Crippen LogP contribution is -2.45. The second kappa shape index (κ2) is 9.23. The first-order valence-corrected chi connectivity index (χ1v) is 14.7. The molecule has 0 amide bonds. The Bertz CT molecular complexity index is 1770. The van der Waals surface area contributed by atoms with Gasteiger partial charge < -0.3 is 4.57 Å². The number of nitrogens with zero attached hydrogens (tertiary/aromatic N) is 4. The molecular weight excluding hydrogens is 568 g/mol. The lowest BCUT2D eigenvalue weighted by molar-refractivity contribution is -0.134. The van der Waals surface area contributed by atoms with Crippen LogP contribution in [0.25, 0.3) is 11.8 Å². The van der Waals surface area contributed by atoms with Crippen molar-refractivity contribution in [3.63, 3.8) is 0 Å². The molecule has 2 aliphatic rings. The van der Waals surface area contributed by atoms with Gasteiger partial charge in [-0.2, -0.15) is 18.3 Å². The molecule has 1 fully saturated rings. The standard InChI is InChI=1S/C27H22F4N4O3S2/c1-34-9-8-21(15-34)40(37,38)20-7-2-17-10-22-16(13-33-35(22)19-5-3-18(28)4-6-19)11-26(17,12-20)24(36)25-32-14-23(39-25)27(29,30)31/h3-6,8-10,13-15,20H,2,7,11-12H2,1H3/t20-,26-/m0/s1. The number of alkyl halides is 3. The first-order valence-electron chi connectivity index (χ1n) is 12.4. The van der Waals surface area contributed by atoms with Crippen LogP contribution in [0.5, 0.6) is 0 Å². The summed E-state index contributed by atoms with van der Waals surface area (Å²) in [5.41, 5.74) is 1.09. The summed E-state index contributed by atoms with van der Waals surface area (Å²) in [6.45, 7) is 0. The minimum absolute atomic E-state index is 0.0515. The fraction of sp³-hybridized carbons (Fsp3) is 0.296. The van der Waals surface area contributed by atoms with Gasteiger partial charge in [-0.1, -0.05) is 5.57 Å². The van der Waals surface area contributed by atoms with Crippen LogP contribution >= 0.6 is 11.3 Å². The van der Waals surface area contributed by atoms with Crippen molar-refractivity contribution in [2.75, 3.05) is 0 Å². The third kappa shape index (κ3) is 4.31. The van der Waals surface area contributed by atoms with Crippen LogP contribution in [-0.2, 0) is 29.5 Å². The molecule has 13 heteroatoms. The van der Waals surface area contributed by atoms with Crippen LogP contribution in [0.1, 0.15) is 45.2 Å². The largest absolute Gasteiger partial charge is 0.427 e. The maximum Gasteiger partial charge on any atom is 0.427 e. The summed E-state index contributed by atoms with van der Waals surface area (Å²) in [6, 6.07) is 7.22. The number of carbonyl (C=O) groups is 1. The normalized spacial score (nSPS) is 21.0. The fourth-order valence-electron chi connectivity index (χ4n) is 5.67. The van der Waals surface area contributed by atoms with Crippen LogP contribution in [0.3, 0.4) is 0 Å². The average Bonchev–Trinajstić information content (AvgIpc) is 3.67. The molecule has 0 unspecified atom stereocenters. The number of ketones is 1. The van der Waals surface area contributed by atoms with E-state index < -0.39 is 43.2 Å². The minimum atomic E-state index is -4.66. The van der Waals surface area contributed by atoms with E-state index in [1.807, 2.05) is 0 Å². The van der Waals surface area contributed by atoms with E-state index in [9.17, 15) is 30.8 Å². The van der Waals surface area contributed by atoms with Crippen LogP contribution in [0.2, 0.25) is 0 Å². The molecule has 1 saturated carbocycles. The van der Waals surface area contributed by atoms with Crippen molar-refractivity contribution in [1.82, 2.24) is 19.3 Å². The minimum Gasteiger partial charge on any atom is -0.356 e. The zero-order valence-corrected chi connectivity index (χ0v) is 22.7. The Hall–Kier alpha value is -3.58. The summed E-state index contributed by atoms with van der Waals surface area (Å²) in [4.78, 5) is 17.1. The molecule has 2 atom stereocenters. The topological polar surface area (TPSA) is 86.9 Å². The lowest BCUT2D eigenvalue weighted by Gasteiger charge is -2.43. The van der Waals surface area contributed by atoms with E-state index in [-0.39, 0.29) is 46.9 Å². The number of allylic oxidation sites excluding steroid dienone is 1. The molecule has 0 bridgehead atoms. The zero-order valence-electron chi connectivity index (χ0n) is 21.0. The highest BCUT2D eigenvalue weighted by molar-refractivity contribution is 7.92. The van der Waals surface area contributed by atoms with Gasteiger partial charge in [0.25, 0.3) is 0 Å². The number of aromatic nitrogens is 4. The van der Waals surface area contributed by atoms with Gasteiger partial charge in [0.15, 0.2) is 14.8 Å². The molecule has 6 rings (SSSR count). The maximum absolute atomic E-state index is 14.1. The molecule has 3 heterocycles. The number of Topliss-reactive ketones (excluding diaryl/α,β-unsaturated/α-hetero) is 1. The van der Waals surface area contributed by atoms with Crippen LogP contribution < -0.4 is 0 Å². The van der Waals surface area contributed by atoms with Gasteiger partial charge >= 0.3 is 6.18 Å². The summed E-state index contributed by atoms with van der Waals surface area (Å²) in [7, 11) is -2.13. The predicted molar refractivity (Wildman–Crippen MR) is 139 cm³/mol. The summed E-state index contributed by atoms with van der Waals surface area (Å²) in [5, 5.41) is 3.19. The molecule has 0 spiro atoms. The second-order valence-corrected chi connectivity index (χ2v) is 13.4. The van der Waals surface area contributed by atoms with Gasteiger partial charge in [-0.25, -0.2) is 22.5 Å². The first-order chi connectivity index (χ1) is 18.9. The molecule has 40 heavy (non-hydrogen) atoms. The number of thiazole rings is 1. The van der Waals surface area contributed by atoms with E-state index in [4.69, 9.17) is 0 Å². The molecule has 4 aromatic rings. The number of fused-ring (bicyclic) bond motifs is 2. The van der Waals surface area contributed by atoms with E-state index in [1.165, 1.54) is 24.4 Å². The van der Waals surface area contributed by atoms with E-state index in [1.54, 1.807) is 46.9 Å². The van der Waals surface area contributed by atoms with E-state index in [2.05, 4.69) is 10.1 Å². The van der Waals surface area contributed by atoms with Crippen molar-refractivity contribution in [2.24, 2.45) is 12.5 Å². The second-order valence-electron chi connectivity index (χ2n) is 10.2. The first kappa shape index (κ1) is 26.6.